The summed E-state index contributed by atoms with van der Waals surface area (Å²) in [7, 11) is -4.13. The highest BCUT2D eigenvalue weighted by atomic mass is 32.2. The quantitative estimate of drug-likeness (QED) is 0.797. The van der Waals surface area contributed by atoms with E-state index in [-0.39, 0.29) is 12.5 Å². The van der Waals surface area contributed by atoms with Crippen molar-refractivity contribution in [2.75, 3.05) is 18.0 Å². The molecule has 0 aromatic heterocycles. The van der Waals surface area contributed by atoms with Crippen LogP contribution in [0.2, 0.25) is 0 Å². The first-order valence-electron chi connectivity index (χ1n) is 8.71. The summed E-state index contributed by atoms with van der Waals surface area (Å²) in [5.74, 6) is 3.53. The molecule has 1 heterocycles. The van der Waals surface area contributed by atoms with Gasteiger partial charge in [0.2, 0.25) is 15.9 Å². The first kappa shape index (κ1) is 20.0. The first-order chi connectivity index (χ1) is 13.4. The van der Waals surface area contributed by atoms with Crippen LogP contribution in [0, 0.1) is 23.5 Å². The van der Waals surface area contributed by atoms with E-state index < -0.39 is 26.6 Å². The van der Waals surface area contributed by atoms with Crippen LogP contribution in [-0.4, -0.2) is 27.4 Å². The average molecular weight is 404 g/mol. The van der Waals surface area contributed by atoms with Crippen LogP contribution in [0.15, 0.2) is 47.4 Å². The number of benzene rings is 2. The number of anilines is 1. The van der Waals surface area contributed by atoms with Gasteiger partial charge in [-0.2, -0.15) is 4.72 Å². The van der Waals surface area contributed by atoms with E-state index in [2.05, 4.69) is 16.6 Å². The van der Waals surface area contributed by atoms with Gasteiger partial charge in [0.05, 0.1) is 6.54 Å². The minimum atomic E-state index is -4.13. The number of nitrogens with one attached hydrogen (secondary N) is 1. The molecule has 0 spiro atoms. The number of amides is 1. The molecule has 146 valence electrons. The van der Waals surface area contributed by atoms with Gasteiger partial charge < -0.3 is 4.90 Å². The van der Waals surface area contributed by atoms with Crippen molar-refractivity contribution < 1.29 is 22.0 Å². The molecule has 0 unspecified atom stereocenters. The van der Waals surface area contributed by atoms with E-state index in [9.17, 15) is 22.0 Å². The van der Waals surface area contributed by atoms with E-state index in [0.29, 0.717) is 24.6 Å². The third-order valence-corrected chi connectivity index (χ3v) is 5.70. The largest absolute Gasteiger partial charge is 0.312 e. The Morgan fingerprint density at radius 1 is 1.07 bits per heavy atom. The lowest BCUT2D eigenvalue weighted by atomic mass is 10.1. The maximum Gasteiger partial charge on any atom is 0.244 e. The number of nitrogens with zero attached hydrogens (tertiary/aromatic N) is 1. The summed E-state index contributed by atoms with van der Waals surface area (Å²) in [6.07, 6.45) is 2.44. The van der Waals surface area contributed by atoms with Crippen molar-refractivity contribution in [3.05, 3.63) is 59.7 Å². The van der Waals surface area contributed by atoms with Gasteiger partial charge in [0.15, 0.2) is 0 Å². The smallest absolute Gasteiger partial charge is 0.244 e. The Bertz CT molecular complexity index is 1040. The zero-order valence-corrected chi connectivity index (χ0v) is 15.7. The van der Waals surface area contributed by atoms with Crippen LogP contribution in [-0.2, 0) is 14.8 Å². The zero-order chi connectivity index (χ0) is 20.1. The Kier molecular flexibility index (Phi) is 6.07. The Labute approximate surface area is 162 Å². The van der Waals surface area contributed by atoms with Gasteiger partial charge >= 0.3 is 0 Å². The molecule has 0 bridgehead atoms. The molecular formula is C20H18F2N2O3S. The second-order valence-corrected chi connectivity index (χ2v) is 7.99. The van der Waals surface area contributed by atoms with Gasteiger partial charge in [-0.15, -0.1) is 0 Å². The molecule has 8 heteroatoms. The van der Waals surface area contributed by atoms with Crippen molar-refractivity contribution in [2.24, 2.45) is 0 Å². The van der Waals surface area contributed by atoms with E-state index in [4.69, 9.17) is 0 Å². The zero-order valence-electron chi connectivity index (χ0n) is 14.9. The second kappa shape index (κ2) is 8.50. The lowest BCUT2D eigenvalue weighted by Gasteiger charge is -2.26. The highest BCUT2D eigenvalue weighted by Gasteiger charge is 2.19. The van der Waals surface area contributed by atoms with Gasteiger partial charge in [-0.3, -0.25) is 4.79 Å². The van der Waals surface area contributed by atoms with Gasteiger partial charge in [0.1, 0.15) is 16.5 Å². The third-order valence-electron chi connectivity index (χ3n) is 4.27. The van der Waals surface area contributed by atoms with E-state index >= 15 is 0 Å². The van der Waals surface area contributed by atoms with Gasteiger partial charge in [-0.05, 0) is 49.2 Å². The summed E-state index contributed by atoms with van der Waals surface area (Å²) in [6, 6.07) is 9.33. The Morgan fingerprint density at radius 3 is 2.50 bits per heavy atom. The normalized spacial score (nSPS) is 14.5. The predicted molar refractivity (Wildman–Crippen MR) is 101 cm³/mol. The fourth-order valence-electron chi connectivity index (χ4n) is 2.85. The maximum atomic E-state index is 13.6. The van der Waals surface area contributed by atoms with Crippen LogP contribution in [0.1, 0.15) is 24.8 Å². The number of hydrogen-bond acceptors (Lipinski definition) is 3. The summed E-state index contributed by atoms with van der Waals surface area (Å²) in [5.41, 5.74) is 1.46. The van der Waals surface area contributed by atoms with Crippen LogP contribution in [0.3, 0.4) is 0 Å². The Hall–Kier alpha value is -2.76. The molecule has 1 fully saturated rings. The number of halogens is 2. The maximum absolute atomic E-state index is 13.6. The molecular weight excluding hydrogens is 386 g/mol. The molecule has 2 aromatic rings. The first-order valence-corrected chi connectivity index (χ1v) is 10.2. The highest BCUT2D eigenvalue weighted by molar-refractivity contribution is 7.89. The van der Waals surface area contributed by atoms with Gasteiger partial charge in [0.25, 0.3) is 0 Å². The molecule has 1 aliphatic rings. The van der Waals surface area contributed by atoms with Crippen molar-refractivity contribution in [2.45, 2.75) is 24.2 Å². The third kappa shape index (κ3) is 4.74. The lowest BCUT2D eigenvalue weighted by Crippen LogP contribution is -2.35. The summed E-state index contributed by atoms with van der Waals surface area (Å²) in [5, 5.41) is 0. The van der Waals surface area contributed by atoms with Crippen LogP contribution in [0.5, 0.6) is 0 Å². The monoisotopic (exact) mass is 404 g/mol. The van der Waals surface area contributed by atoms with Gasteiger partial charge in [0, 0.05) is 30.3 Å². The van der Waals surface area contributed by atoms with Crippen molar-refractivity contribution in [3.63, 3.8) is 0 Å². The lowest BCUT2D eigenvalue weighted by molar-refractivity contribution is -0.119. The van der Waals surface area contributed by atoms with Gasteiger partial charge in [-0.25, -0.2) is 17.2 Å². The molecule has 1 saturated heterocycles. The number of piperidine rings is 1. The molecule has 5 nitrogen and oxygen atoms in total. The molecule has 0 aliphatic carbocycles. The molecule has 0 atom stereocenters. The minimum absolute atomic E-state index is 0.104. The van der Waals surface area contributed by atoms with E-state index in [1.807, 2.05) is 0 Å². The number of hydrogen-bond donors (Lipinski definition) is 1. The van der Waals surface area contributed by atoms with E-state index in [1.165, 1.54) is 0 Å². The summed E-state index contributed by atoms with van der Waals surface area (Å²) >= 11 is 0. The van der Waals surface area contributed by atoms with Crippen molar-refractivity contribution in [1.29, 1.82) is 0 Å². The van der Waals surface area contributed by atoms with Crippen LogP contribution < -0.4 is 9.62 Å². The number of rotatable bonds is 4. The molecule has 2 aromatic carbocycles. The van der Waals surface area contributed by atoms with Crippen LogP contribution >= 0.6 is 0 Å². The van der Waals surface area contributed by atoms with Crippen LogP contribution in [0.4, 0.5) is 14.5 Å². The number of carbonyl (C=O) groups excluding carboxylic acids is 1. The van der Waals surface area contributed by atoms with Crippen molar-refractivity contribution in [1.82, 2.24) is 4.72 Å². The SMILES string of the molecule is O=C1CCCCN1c1ccc(C#CCNS(=O)(=O)c2ccc(F)cc2F)cc1. The van der Waals surface area contributed by atoms with Crippen LogP contribution in [0.25, 0.3) is 0 Å². The van der Waals surface area contributed by atoms with Crippen molar-refractivity contribution >= 4 is 21.6 Å². The Balaban J connectivity index is 1.62. The molecule has 1 amide bonds. The molecule has 1 aliphatic heterocycles. The van der Waals surface area contributed by atoms with E-state index in [1.54, 1.807) is 29.2 Å². The number of carbonyl (C=O) groups is 1. The van der Waals surface area contributed by atoms with E-state index in [0.717, 1.165) is 30.7 Å². The van der Waals surface area contributed by atoms with Gasteiger partial charge in [-0.1, -0.05) is 11.8 Å². The molecule has 0 radical (unpaired) electrons. The topological polar surface area (TPSA) is 66.5 Å². The predicted octanol–water partition coefficient (Wildman–Crippen LogP) is 2.81. The highest BCUT2D eigenvalue weighted by Crippen LogP contribution is 2.21. The Morgan fingerprint density at radius 2 is 1.82 bits per heavy atom. The number of sulfonamides is 1. The standard InChI is InChI=1S/C20H18F2N2O3S/c21-16-8-11-19(18(22)14-16)28(26,27)23-12-3-4-15-6-9-17(10-7-15)24-13-2-1-5-20(24)25/h6-11,14,23H,1-2,5,12-13H2. The fraction of sp³-hybridized carbons (Fsp3) is 0.250. The minimum Gasteiger partial charge on any atom is -0.312 e. The van der Waals surface area contributed by atoms with Crippen molar-refractivity contribution in [3.8, 4) is 11.8 Å². The average Bonchev–Trinajstić information content (AvgIpc) is 2.66. The molecule has 28 heavy (non-hydrogen) atoms. The molecule has 1 N–H and O–H groups in total. The summed E-state index contributed by atoms with van der Waals surface area (Å²) in [6.45, 7) is 0.469. The fourth-order valence-corrected chi connectivity index (χ4v) is 3.83. The summed E-state index contributed by atoms with van der Waals surface area (Å²) in [4.78, 5) is 13.0. The molecule has 0 saturated carbocycles. The second-order valence-electron chi connectivity index (χ2n) is 6.25. The molecule has 3 rings (SSSR count). The summed E-state index contributed by atoms with van der Waals surface area (Å²) < 4.78 is 52.8.